The highest BCUT2D eigenvalue weighted by Crippen LogP contribution is 2.17. The lowest BCUT2D eigenvalue weighted by Crippen LogP contribution is -2.12. The Morgan fingerprint density at radius 2 is 2.05 bits per heavy atom. The van der Waals surface area contributed by atoms with Crippen LogP contribution in [-0.2, 0) is 7.05 Å². The van der Waals surface area contributed by atoms with Crippen LogP contribution in [0.3, 0.4) is 0 Å². The Morgan fingerprint density at radius 1 is 1.38 bits per heavy atom. The Bertz CT molecular complexity index is 596. The highest BCUT2D eigenvalue weighted by Gasteiger charge is 2.12. The molecule has 3 N–H and O–H groups in total. The van der Waals surface area contributed by atoms with E-state index in [1.807, 2.05) is 0 Å². The van der Waals surface area contributed by atoms with Crippen molar-refractivity contribution in [3.05, 3.63) is 41.7 Å². The molecule has 2 rings (SSSR count). The summed E-state index contributed by atoms with van der Waals surface area (Å²) in [6.07, 6.45) is 1.70. The summed E-state index contributed by atoms with van der Waals surface area (Å²) in [6.45, 7) is 2.75. The van der Waals surface area contributed by atoms with Gasteiger partial charge in [-0.25, -0.2) is 0 Å². The zero-order chi connectivity index (χ0) is 14.5. The Kier molecular flexibility index (Phi) is 6.20. The van der Waals surface area contributed by atoms with E-state index in [9.17, 15) is 4.79 Å². The zero-order valence-corrected chi connectivity index (χ0v) is 12.8. The predicted molar refractivity (Wildman–Crippen MR) is 84.1 cm³/mol. The van der Waals surface area contributed by atoms with Gasteiger partial charge >= 0.3 is 0 Å². The van der Waals surface area contributed by atoms with E-state index >= 15 is 0 Å². The summed E-state index contributed by atoms with van der Waals surface area (Å²) in [4.78, 5) is 12.1. The first-order valence-electron chi connectivity index (χ1n) is 6.34. The van der Waals surface area contributed by atoms with Crippen LogP contribution in [0.5, 0.6) is 5.75 Å². The van der Waals surface area contributed by atoms with Gasteiger partial charge < -0.3 is 15.8 Å². The summed E-state index contributed by atoms with van der Waals surface area (Å²) < 4.78 is 6.99. The molecular weight excluding hydrogens is 292 g/mol. The number of hydrogen-bond donors (Lipinski definition) is 2. The van der Waals surface area contributed by atoms with E-state index in [1.54, 1.807) is 49.1 Å². The molecular formula is C14H19ClN4O2. The van der Waals surface area contributed by atoms with E-state index in [0.29, 0.717) is 30.1 Å². The highest BCUT2D eigenvalue weighted by atomic mass is 35.5. The number of rotatable bonds is 5. The first-order valence-corrected chi connectivity index (χ1v) is 6.34. The molecule has 1 heterocycles. The molecule has 0 aliphatic rings. The van der Waals surface area contributed by atoms with E-state index in [1.165, 1.54) is 0 Å². The summed E-state index contributed by atoms with van der Waals surface area (Å²) in [7, 11) is 1.79. The van der Waals surface area contributed by atoms with E-state index in [-0.39, 0.29) is 18.3 Å². The third kappa shape index (κ3) is 4.47. The number of carbonyl (C=O) groups excluding carboxylic acids is 1. The van der Waals surface area contributed by atoms with Crippen molar-refractivity contribution in [1.82, 2.24) is 9.78 Å². The van der Waals surface area contributed by atoms with Crippen LogP contribution >= 0.6 is 12.4 Å². The van der Waals surface area contributed by atoms with Crippen molar-refractivity contribution in [2.24, 2.45) is 12.8 Å². The number of ether oxygens (including phenoxy) is 1. The van der Waals surface area contributed by atoms with Gasteiger partial charge in [0.15, 0.2) is 0 Å². The summed E-state index contributed by atoms with van der Waals surface area (Å²) in [5, 5.41) is 6.97. The Balaban J connectivity index is 0.00000220. The van der Waals surface area contributed by atoms with Crippen molar-refractivity contribution in [2.75, 3.05) is 18.5 Å². The summed E-state index contributed by atoms with van der Waals surface area (Å²) in [5.74, 6) is 0.553. The SMILES string of the molecule is Cc1nn(C)cc1C(=O)Nc1ccc(OCCN)cc1.Cl. The maximum Gasteiger partial charge on any atom is 0.259 e. The Labute approximate surface area is 129 Å². The molecule has 0 spiro atoms. The van der Waals surface area contributed by atoms with Gasteiger partial charge in [-0.2, -0.15) is 5.10 Å². The van der Waals surface area contributed by atoms with Gasteiger partial charge in [-0.15, -0.1) is 12.4 Å². The molecule has 21 heavy (non-hydrogen) atoms. The number of nitrogens with one attached hydrogen (secondary N) is 1. The molecule has 0 aliphatic heterocycles. The second kappa shape index (κ2) is 7.66. The molecule has 0 atom stereocenters. The minimum Gasteiger partial charge on any atom is -0.492 e. The van der Waals surface area contributed by atoms with Gasteiger partial charge in [0.05, 0.1) is 11.3 Å². The van der Waals surface area contributed by atoms with Crippen LogP contribution < -0.4 is 15.8 Å². The number of nitrogens with two attached hydrogens (primary N) is 1. The second-order valence-corrected chi connectivity index (χ2v) is 4.42. The Hall–Kier alpha value is -2.05. The number of aromatic nitrogens is 2. The maximum absolute atomic E-state index is 12.1. The first-order chi connectivity index (χ1) is 9.60. The largest absolute Gasteiger partial charge is 0.492 e. The van der Waals surface area contributed by atoms with Gasteiger partial charge in [-0.3, -0.25) is 9.48 Å². The standard InChI is InChI=1S/C14H18N4O2.ClH/c1-10-13(9-18(2)17-10)14(19)16-11-3-5-12(6-4-11)20-8-7-15;/h3-6,9H,7-8,15H2,1-2H3,(H,16,19);1H. The van der Waals surface area contributed by atoms with Crippen LogP contribution in [0.25, 0.3) is 0 Å². The molecule has 2 aromatic rings. The molecule has 1 aromatic carbocycles. The third-order valence-corrected chi connectivity index (χ3v) is 2.76. The van der Waals surface area contributed by atoms with Crippen molar-refractivity contribution >= 4 is 24.0 Å². The number of aryl methyl sites for hydroxylation is 2. The van der Waals surface area contributed by atoms with Gasteiger partial charge in [0.1, 0.15) is 12.4 Å². The van der Waals surface area contributed by atoms with Crippen molar-refractivity contribution in [3.8, 4) is 5.75 Å². The molecule has 114 valence electrons. The van der Waals surface area contributed by atoms with Crippen LogP contribution in [0.2, 0.25) is 0 Å². The fourth-order valence-electron chi connectivity index (χ4n) is 1.83. The molecule has 0 saturated heterocycles. The average Bonchev–Trinajstić information content (AvgIpc) is 2.77. The van der Waals surface area contributed by atoms with E-state index in [0.717, 1.165) is 5.75 Å². The van der Waals surface area contributed by atoms with E-state index in [4.69, 9.17) is 10.5 Å². The minimum absolute atomic E-state index is 0. The third-order valence-electron chi connectivity index (χ3n) is 2.76. The van der Waals surface area contributed by atoms with Crippen LogP contribution in [0.1, 0.15) is 16.1 Å². The number of halogens is 1. The predicted octanol–water partition coefficient (Wildman–Crippen LogP) is 1.74. The molecule has 0 radical (unpaired) electrons. The number of anilines is 1. The molecule has 7 heteroatoms. The molecule has 1 aromatic heterocycles. The monoisotopic (exact) mass is 310 g/mol. The lowest BCUT2D eigenvalue weighted by molar-refractivity contribution is 0.102. The van der Waals surface area contributed by atoms with Crippen LogP contribution in [0.4, 0.5) is 5.69 Å². The van der Waals surface area contributed by atoms with Gasteiger partial charge in [-0.1, -0.05) is 0 Å². The molecule has 0 bridgehead atoms. The summed E-state index contributed by atoms with van der Waals surface area (Å²) in [5.41, 5.74) is 7.34. The quantitative estimate of drug-likeness (QED) is 0.881. The van der Waals surface area contributed by atoms with Gasteiger partial charge in [0, 0.05) is 25.5 Å². The van der Waals surface area contributed by atoms with Crippen LogP contribution in [0, 0.1) is 6.92 Å². The Morgan fingerprint density at radius 3 is 2.57 bits per heavy atom. The highest BCUT2D eigenvalue weighted by molar-refractivity contribution is 6.04. The topological polar surface area (TPSA) is 82.2 Å². The fourth-order valence-corrected chi connectivity index (χ4v) is 1.83. The van der Waals surface area contributed by atoms with Gasteiger partial charge in [-0.05, 0) is 31.2 Å². The maximum atomic E-state index is 12.1. The number of hydrogen-bond acceptors (Lipinski definition) is 4. The summed E-state index contributed by atoms with van der Waals surface area (Å²) in [6, 6.07) is 7.16. The van der Waals surface area contributed by atoms with Crippen molar-refractivity contribution in [3.63, 3.8) is 0 Å². The number of carbonyl (C=O) groups is 1. The summed E-state index contributed by atoms with van der Waals surface area (Å²) >= 11 is 0. The number of amides is 1. The molecule has 0 fully saturated rings. The molecule has 0 saturated carbocycles. The van der Waals surface area contributed by atoms with E-state index < -0.39 is 0 Å². The molecule has 0 unspecified atom stereocenters. The first kappa shape index (κ1) is 17.0. The molecule has 0 aliphatic carbocycles. The average molecular weight is 311 g/mol. The second-order valence-electron chi connectivity index (χ2n) is 4.42. The number of nitrogens with zero attached hydrogens (tertiary/aromatic N) is 2. The smallest absolute Gasteiger partial charge is 0.259 e. The van der Waals surface area contributed by atoms with Crippen molar-refractivity contribution < 1.29 is 9.53 Å². The van der Waals surface area contributed by atoms with Gasteiger partial charge in [0.25, 0.3) is 5.91 Å². The lowest BCUT2D eigenvalue weighted by Gasteiger charge is -2.07. The zero-order valence-electron chi connectivity index (χ0n) is 12.0. The van der Waals surface area contributed by atoms with Gasteiger partial charge in [0.2, 0.25) is 0 Å². The molecule has 6 nitrogen and oxygen atoms in total. The fraction of sp³-hybridized carbons (Fsp3) is 0.286. The normalized spacial score (nSPS) is 9.86. The van der Waals surface area contributed by atoms with Crippen molar-refractivity contribution in [1.29, 1.82) is 0 Å². The molecule has 1 amide bonds. The number of benzene rings is 1. The van der Waals surface area contributed by atoms with Crippen LogP contribution in [0.15, 0.2) is 30.5 Å². The van der Waals surface area contributed by atoms with Crippen molar-refractivity contribution in [2.45, 2.75) is 6.92 Å². The lowest BCUT2D eigenvalue weighted by atomic mass is 10.2. The minimum atomic E-state index is -0.175. The van der Waals surface area contributed by atoms with Crippen LogP contribution in [-0.4, -0.2) is 28.8 Å². The van der Waals surface area contributed by atoms with E-state index in [2.05, 4.69) is 10.4 Å².